The van der Waals surface area contributed by atoms with E-state index < -0.39 is 0 Å². The van der Waals surface area contributed by atoms with E-state index in [4.69, 9.17) is 5.73 Å². The number of likely N-dealkylation sites (N-methyl/N-ethyl adjacent to an activating group) is 1. The Morgan fingerprint density at radius 3 is 2.47 bits per heavy atom. The fourth-order valence-electron chi connectivity index (χ4n) is 1.87. The summed E-state index contributed by atoms with van der Waals surface area (Å²) in [7, 11) is 2.15. The number of nitrogens with zero attached hydrogens (tertiary/aromatic N) is 3. The van der Waals surface area contributed by atoms with Gasteiger partial charge < -0.3 is 15.5 Å². The largest absolute Gasteiger partial charge is 0.399 e. The Bertz CT molecular complexity index is 322. The summed E-state index contributed by atoms with van der Waals surface area (Å²) in [5.74, 6) is 1.01. The SMILES string of the molecule is Cc1cc(N)cc(N2CCN(C)CC2)n1. The zero-order valence-corrected chi connectivity index (χ0v) is 9.40. The lowest BCUT2D eigenvalue weighted by atomic mass is 10.3. The van der Waals surface area contributed by atoms with Gasteiger partial charge in [0.2, 0.25) is 0 Å². The molecule has 0 atom stereocenters. The Labute approximate surface area is 90.7 Å². The number of aromatic nitrogens is 1. The van der Waals surface area contributed by atoms with E-state index in [1.165, 1.54) is 0 Å². The molecule has 0 saturated carbocycles. The van der Waals surface area contributed by atoms with Crippen molar-refractivity contribution < 1.29 is 0 Å². The van der Waals surface area contributed by atoms with E-state index in [2.05, 4.69) is 21.8 Å². The topological polar surface area (TPSA) is 45.4 Å². The van der Waals surface area contributed by atoms with Gasteiger partial charge in [-0.2, -0.15) is 0 Å². The summed E-state index contributed by atoms with van der Waals surface area (Å²) < 4.78 is 0. The van der Waals surface area contributed by atoms with Gasteiger partial charge in [-0.1, -0.05) is 0 Å². The molecule has 1 aliphatic rings. The Morgan fingerprint density at radius 1 is 1.20 bits per heavy atom. The van der Waals surface area contributed by atoms with Gasteiger partial charge in [-0.25, -0.2) is 4.98 Å². The molecule has 4 heteroatoms. The van der Waals surface area contributed by atoms with Crippen molar-refractivity contribution in [2.24, 2.45) is 0 Å². The molecule has 0 amide bonds. The first-order valence-corrected chi connectivity index (χ1v) is 5.33. The first-order valence-electron chi connectivity index (χ1n) is 5.33. The highest BCUT2D eigenvalue weighted by molar-refractivity contribution is 5.52. The van der Waals surface area contributed by atoms with E-state index in [0.29, 0.717) is 0 Å². The van der Waals surface area contributed by atoms with Crippen LogP contribution in [0.1, 0.15) is 5.69 Å². The lowest BCUT2D eigenvalue weighted by molar-refractivity contribution is 0.312. The van der Waals surface area contributed by atoms with Crippen LogP contribution in [-0.2, 0) is 0 Å². The van der Waals surface area contributed by atoms with Gasteiger partial charge >= 0.3 is 0 Å². The van der Waals surface area contributed by atoms with Crippen LogP contribution >= 0.6 is 0 Å². The van der Waals surface area contributed by atoms with Crippen LogP contribution in [0.15, 0.2) is 12.1 Å². The van der Waals surface area contributed by atoms with Crippen molar-refractivity contribution in [1.29, 1.82) is 0 Å². The molecule has 1 aromatic rings. The molecule has 0 unspecified atom stereocenters. The van der Waals surface area contributed by atoms with Crippen LogP contribution in [0.3, 0.4) is 0 Å². The lowest BCUT2D eigenvalue weighted by Crippen LogP contribution is -2.44. The summed E-state index contributed by atoms with van der Waals surface area (Å²) in [5, 5.41) is 0. The van der Waals surface area contributed by atoms with Crippen LogP contribution < -0.4 is 10.6 Å². The summed E-state index contributed by atoms with van der Waals surface area (Å²) in [4.78, 5) is 9.13. The molecular weight excluding hydrogens is 188 g/mol. The summed E-state index contributed by atoms with van der Waals surface area (Å²) in [6.45, 7) is 6.24. The van der Waals surface area contributed by atoms with Crippen molar-refractivity contribution in [1.82, 2.24) is 9.88 Å². The summed E-state index contributed by atoms with van der Waals surface area (Å²) in [6.07, 6.45) is 0. The fraction of sp³-hybridized carbons (Fsp3) is 0.545. The van der Waals surface area contributed by atoms with E-state index in [9.17, 15) is 0 Å². The summed E-state index contributed by atoms with van der Waals surface area (Å²) in [5.41, 5.74) is 7.61. The molecule has 0 radical (unpaired) electrons. The number of aryl methyl sites for hydroxylation is 1. The third kappa shape index (κ3) is 2.39. The molecule has 0 bridgehead atoms. The monoisotopic (exact) mass is 206 g/mol. The fourth-order valence-corrected chi connectivity index (χ4v) is 1.87. The molecule has 4 nitrogen and oxygen atoms in total. The molecule has 2 heterocycles. The number of hydrogen-bond acceptors (Lipinski definition) is 4. The van der Waals surface area contributed by atoms with E-state index in [1.807, 2.05) is 19.1 Å². The molecule has 15 heavy (non-hydrogen) atoms. The Hall–Kier alpha value is -1.29. The maximum absolute atomic E-state index is 5.82. The highest BCUT2D eigenvalue weighted by atomic mass is 15.3. The van der Waals surface area contributed by atoms with E-state index >= 15 is 0 Å². The van der Waals surface area contributed by atoms with Crippen molar-refractivity contribution in [3.63, 3.8) is 0 Å². The predicted molar refractivity (Wildman–Crippen MR) is 63.1 cm³/mol. The third-order valence-electron chi connectivity index (χ3n) is 2.79. The molecule has 0 spiro atoms. The highest BCUT2D eigenvalue weighted by Crippen LogP contribution is 2.17. The summed E-state index contributed by atoms with van der Waals surface area (Å²) in [6, 6.07) is 3.86. The van der Waals surface area contributed by atoms with E-state index in [1.54, 1.807) is 0 Å². The van der Waals surface area contributed by atoms with Crippen LogP contribution in [0, 0.1) is 6.92 Å². The predicted octanol–water partition coefficient (Wildman–Crippen LogP) is 0.724. The van der Waals surface area contributed by atoms with Crippen molar-refractivity contribution in [3.05, 3.63) is 17.8 Å². The van der Waals surface area contributed by atoms with Gasteiger partial charge in [0.25, 0.3) is 0 Å². The van der Waals surface area contributed by atoms with Gasteiger partial charge in [0.15, 0.2) is 0 Å². The molecule has 1 aromatic heterocycles. The standard InChI is InChI=1S/C11H18N4/c1-9-7-10(12)8-11(13-9)15-5-3-14(2)4-6-15/h7-8H,3-6H2,1-2H3,(H2,12,13). The number of anilines is 2. The quantitative estimate of drug-likeness (QED) is 0.735. The van der Waals surface area contributed by atoms with Gasteiger partial charge in [0.05, 0.1) is 0 Å². The normalized spacial score (nSPS) is 18.1. The third-order valence-corrected chi connectivity index (χ3v) is 2.79. The number of piperazine rings is 1. The van der Waals surface area contributed by atoms with Gasteiger partial charge in [0, 0.05) is 43.6 Å². The molecular formula is C11H18N4. The Balaban J connectivity index is 2.15. The number of hydrogen-bond donors (Lipinski definition) is 1. The second-order valence-electron chi connectivity index (χ2n) is 4.19. The number of nitrogens with two attached hydrogens (primary N) is 1. The number of rotatable bonds is 1. The van der Waals surface area contributed by atoms with Gasteiger partial charge in [0.1, 0.15) is 5.82 Å². The van der Waals surface area contributed by atoms with Gasteiger partial charge in [-0.3, -0.25) is 0 Å². The van der Waals surface area contributed by atoms with Crippen LogP contribution in [0.2, 0.25) is 0 Å². The lowest BCUT2D eigenvalue weighted by Gasteiger charge is -2.33. The van der Waals surface area contributed by atoms with E-state index in [-0.39, 0.29) is 0 Å². The maximum Gasteiger partial charge on any atom is 0.130 e. The number of nitrogen functional groups attached to an aromatic ring is 1. The van der Waals surface area contributed by atoms with Crippen LogP contribution in [0.5, 0.6) is 0 Å². The van der Waals surface area contributed by atoms with Gasteiger partial charge in [-0.05, 0) is 20.0 Å². The molecule has 0 aliphatic carbocycles. The maximum atomic E-state index is 5.82. The van der Waals surface area contributed by atoms with Crippen molar-refractivity contribution in [2.45, 2.75) is 6.92 Å². The minimum atomic E-state index is 0.802. The van der Waals surface area contributed by atoms with Crippen molar-refractivity contribution >= 4 is 11.5 Å². The molecule has 0 aromatic carbocycles. The first-order chi connectivity index (χ1) is 7.15. The van der Waals surface area contributed by atoms with Crippen LogP contribution in [-0.4, -0.2) is 43.1 Å². The average Bonchev–Trinajstić information content (AvgIpc) is 2.17. The zero-order valence-electron chi connectivity index (χ0n) is 9.40. The second kappa shape index (κ2) is 4.06. The Morgan fingerprint density at radius 2 is 1.87 bits per heavy atom. The zero-order chi connectivity index (χ0) is 10.8. The van der Waals surface area contributed by atoms with Crippen molar-refractivity contribution in [3.8, 4) is 0 Å². The molecule has 1 fully saturated rings. The number of pyridine rings is 1. The van der Waals surface area contributed by atoms with Gasteiger partial charge in [-0.15, -0.1) is 0 Å². The van der Waals surface area contributed by atoms with Crippen molar-refractivity contribution in [2.75, 3.05) is 43.9 Å². The minimum Gasteiger partial charge on any atom is -0.399 e. The van der Waals surface area contributed by atoms with Crippen LogP contribution in [0.25, 0.3) is 0 Å². The smallest absolute Gasteiger partial charge is 0.130 e. The summed E-state index contributed by atoms with van der Waals surface area (Å²) >= 11 is 0. The second-order valence-corrected chi connectivity index (χ2v) is 4.19. The molecule has 2 rings (SSSR count). The molecule has 1 saturated heterocycles. The molecule has 1 aliphatic heterocycles. The van der Waals surface area contributed by atoms with Crippen LogP contribution in [0.4, 0.5) is 11.5 Å². The van der Waals surface area contributed by atoms with E-state index in [0.717, 1.165) is 43.4 Å². The molecule has 82 valence electrons. The highest BCUT2D eigenvalue weighted by Gasteiger charge is 2.15. The Kier molecular flexibility index (Phi) is 2.77. The minimum absolute atomic E-state index is 0.802. The molecule has 2 N–H and O–H groups in total. The first kappa shape index (κ1) is 10.2. The average molecular weight is 206 g/mol.